The number of hydrogen-bond acceptors (Lipinski definition) is 12. The molecule has 4 aliphatic heterocycles. The molecule has 5 heterocycles. The Morgan fingerprint density at radius 1 is 1.06 bits per heavy atom. The molecule has 6 rings (SSSR count). The fourth-order valence-electron chi connectivity index (χ4n) is 4.95. The fraction of sp³-hybridized carbons (Fsp3) is 0.722. The minimum absolute atomic E-state index is 0.139. The zero-order valence-electron chi connectivity index (χ0n) is 16.3. The summed E-state index contributed by atoms with van der Waals surface area (Å²) in [4.78, 5) is 4.42. The standard InChI is InChI=1S/C18H25N5O8/c19-18-21-15-6(12-16(22-18)31-12)4(1-20-7-9(26)10(27)14-13(7)30-14)2-23(15)17-11(28)8(25)5(3-24)29-17/h2,5,7-14,16-17,20,24-28H,1,3H2,(H3,19,21,22)/t5?,7?,8?,9-,10-,11?,12?,13?,14+,16?,17?/m0/s1. The van der Waals surface area contributed by atoms with E-state index < -0.39 is 49.4 Å². The maximum atomic E-state index is 10.5. The van der Waals surface area contributed by atoms with Crippen molar-refractivity contribution in [2.24, 2.45) is 10.7 Å². The van der Waals surface area contributed by atoms with Gasteiger partial charge in [-0.15, -0.1) is 0 Å². The van der Waals surface area contributed by atoms with Crippen LogP contribution in [0.15, 0.2) is 11.2 Å². The number of aliphatic hydroxyl groups is 5. The highest BCUT2D eigenvalue weighted by Gasteiger charge is 2.61. The lowest BCUT2D eigenvalue weighted by Gasteiger charge is -2.21. The Morgan fingerprint density at radius 3 is 2.55 bits per heavy atom. The van der Waals surface area contributed by atoms with Crippen molar-refractivity contribution >= 4 is 11.8 Å². The summed E-state index contributed by atoms with van der Waals surface area (Å²) in [5.41, 5.74) is 7.46. The van der Waals surface area contributed by atoms with Crippen molar-refractivity contribution in [3.8, 4) is 0 Å². The first-order valence-corrected chi connectivity index (χ1v) is 10.3. The number of rotatable bonds is 5. The van der Waals surface area contributed by atoms with Crippen LogP contribution >= 0.6 is 0 Å². The van der Waals surface area contributed by atoms with E-state index in [1.54, 1.807) is 10.8 Å². The van der Waals surface area contributed by atoms with Gasteiger partial charge in [-0.25, -0.2) is 0 Å². The molecule has 1 saturated carbocycles. The van der Waals surface area contributed by atoms with Crippen molar-refractivity contribution in [2.45, 2.75) is 73.9 Å². The summed E-state index contributed by atoms with van der Waals surface area (Å²) in [6, 6.07) is -0.429. The molecule has 5 aliphatic rings. The van der Waals surface area contributed by atoms with E-state index in [-0.39, 0.29) is 30.5 Å². The molecule has 0 spiro atoms. The first-order chi connectivity index (χ1) is 14.9. The average molecular weight is 439 g/mol. The van der Waals surface area contributed by atoms with Crippen LogP contribution in [0.2, 0.25) is 0 Å². The third-order valence-corrected chi connectivity index (χ3v) is 6.71. The Balaban J connectivity index is 1.33. The van der Waals surface area contributed by atoms with Crippen LogP contribution in [0.5, 0.6) is 0 Å². The van der Waals surface area contributed by atoms with Crippen LogP contribution in [0, 0.1) is 0 Å². The maximum Gasteiger partial charge on any atom is 0.197 e. The molecule has 3 saturated heterocycles. The average Bonchev–Trinajstić information content (AvgIpc) is 3.62. The number of aromatic nitrogens is 1. The van der Waals surface area contributed by atoms with Crippen LogP contribution in [0.25, 0.3) is 0 Å². The van der Waals surface area contributed by atoms with Gasteiger partial charge in [0.15, 0.2) is 18.4 Å². The van der Waals surface area contributed by atoms with Gasteiger partial charge in [0.2, 0.25) is 0 Å². The smallest absolute Gasteiger partial charge is 0.197 e. The van der Waals surface area contributed by atoms with Crippen molar-refractivity contribution in [3.63, 3.8) is 0 Å². The molecular formula is C18H25N5O8. The highest BCUT2D eigenvalue weighted by molar-refractivity contribution is 5.83. The van der Waals surface area contributed by atoms with Gasteiger partial charge >= 0.3 is 0 Å². The summed E-state index contributed by atoms with van der Waals surface area (Å²) in [5.74, 6) is 0.551. The van der Waals surface area contributed by atoms with E-state index in [0.717, 1.165) is 11.1 Å². The first-order valence-electron chi connectivity index (χ1n) is 10.3. The molecule has 1 aromatic rings. The number of epoxide rings is 2. The SMILES string of the molecule is NC1=Nc2c(c(CNC3C4O[C@@H]4[C@@H](O)[C@H]3O)cn2C2OC(CO)C(O)C2O)C2OC2N1. The number of nitrogens with one attached hydrogen (secondary N) is 2. The van der Waals surface area contributed by atoms with Crippen LogP contribution < -0.4 is 16.4 Å². The van der Waals surface area contributed by atoms with Crippen molar-refractivity contribution in [2.75, 3.05) is 6.61 Å². The van der Waals surface area contributed by atoms with Crippen LogP contribution in [0.3, 0.4) is 0 Å². The van der Waals surface area contributed by atoms with Crippen LogP contribution in [-0.2, 0) is 20.8 Å². The van der Waals surface area contributed by atoms with E-state index in [2.05, 4.69) is 15.6 Å². The second-order valence-corrected chi connectivity index (χ2v) is 8.60. The molecule has 31 heavy (non-hydrogen) atoms. The van der Waals surface area contributed by atoms with Crippen molar-refractivity contribution in [1.29, 1.82) is 0 Å². The quantitative estimate of drug-likeness (QED) is 0.208. The maximum absolute atomic E-state index is 10.5. The molecule has 8 unspecified atom stereocenters. The lowest BCUT2D eigenvalue weighted by atomic mass is 10.1. The number of nitrogens with two attached hydrogens (primary N) is 1. The Hall–Kier alpha value is -1.81. The summed E-state index contributed by atoms with van der Waals surface area (Å²) in [7, 11) is 0. The third kappa shape index (κ3) is 2.93. The molecular weight excluding hydrogens is 414 g/mol. The normalized spacial score (nSPS) is 47.1. The number of hydrogen-bond donors (Lipinski definition) is 8. The summed E-state index contributed by atoms with van der Waals surface area (Å²) in [5, 5.41) is 56.5. The number of nitrogens with zero attached hydrogens (tertiary/aromatic N) is 2. The van der Waals surface area contributed by atoms with Crippen molar-refractivity contribution in [3.05, 3.63) is 17.3 Å². The number of aliphatic imine (C=N–C) groups is 1. The molecule has 11 atom stereocenters. The Kier molecular flexibility index (Phi) is 4.38. The summed E-state index contributed by atoms with van der Waals surface area (Å²) in [6.07, 6.45) is -5.86. The Labute approximate surface area is 176 Å². The molecule has 13 heteroatoms. The zero-order chi connectivity index (χ0) is 21.6. The topological polar surface area (TPSA) is 203 Å². The summed E-state index contributed by atoms with van der Waals surface area (Å²) >= 11 is 0. The van der Waals surface area contributed by atoms with E-state index in [1.807, 2.05) is 0 Å². The Morgan fingerprint density at radius 2 is 1.87 bits per heavy atom. The van der Waals surface area contributed by atoms with Gasteiger partial charge < -0.3 is 60.7 Å². The zero-order valence-corrected chi connectivity index (χ0v) is 16.3. The highest BCUT2D eigenvalue weighted by Crippen LogP contribution is 2.48. The van der Waals surface area contributed by atoms with Gasteiger partial charge in [0, 0.05) is 18.3 Å². The van der Waals surface area contributed by atoms with Gasteiger partial charge in [-0.2, -0.15) is 4.99 Å². The number of fused-ring (bicyclic) bond motifs is 4. The largest absolute Gasteiger partial charge is 0.394 e. The van der Waals surface area contributed by atoms with E-state index in [0.29, 0.717) is 12.4 Å². The van der Waals surface area contributed by atoms with Gasteiger partial charge in [0.1, 0.15) is 54.6 Å². The fourth-order valence-corrected chi connectivity index (χ4v) is 4.95. The molecule has 170 valence electrons. The predicted molar refractivity (Wildman–Crippen MR) is 101 cm³/mol. The first kappa shape index (κ1) is 19.8. The summed E-state index contributed by atoms with van der Waals surface area (Å²) in [6.45, 7) is -0.148. The molecule has 1 aliphatic carbocycles. The molecule has 0 amide bonds. The molecule has 0 aromatic carbocycles. The summed E-state index contributed by atoms with van der Waals surface area (Å²) < 4.78 is 18.3. The van der Waals surface area contributed by atoms with Gasteiger partial charge in [-0.05, 0) is 5.56 Å². The molecule has 0 bridgehead atoms. The van der Waals surface area contributed by atoms with Crippen LogP contribution in [0.4, 0.5) is 5.82 Å². The van der Waals surface area contributed by atoms with E-state index in [4.69, 9.17) is 19.9 Å². The molecule has 9 N–H and O–H groups in total. The number of guanidine groups is 1. The molecule has 0 radical (unpaired) electrons. The molecule has 4 fully saturated rings. The second kappa shape index (κ2) is 6.84. The van der Waals surface area contributed by atoms with Gasteiger partial charge in [-0.1, -0.05) is 0 Å². The minimum atomic E-state index is -1.29. The van der Waals surface area contributed by atoms with Crippen molar-refractivity contribution in [1.82, 2.24) is 15.2 Å². The predicted octanol–water partition coefficient (Wildman–Crippen LogP) is -3.99. The second-order valence-electron chi connectivity index (χ2n) is 8.60. The van der Waals surface area contributed by atoms with E-state index in [9.17, 15) is 25.5 Å². The van der Waals surface area contributed by atoms with Crippen LogP contribution in [0.1, 0.15) is 23.5 Å². The minimum Gasteiger partial charge on any atom is -0.394 e. The highest BCUT2D eigenvalue weighted by atomic mass is 16.6. The van der Waals surface area contributed by atoms with E-state index >= 15 is 0 Å². The van der Waals surface area contributed by atoms with Gasteiger partial charge in [0.05, 0.1) is 12.6 Å². The van der Waals surface area contributed by atoms with E-state index in [1.165, 1.54) is 0 Å². The van der Waals surface area contributed by atoms with Crippen LogP contribution in [-0.4, -0.2) is 97.7 Å². The number of ether oxygens (including phenoxy) is 3. The molecule has 1 aromatic heterocycles. The molecule has 13 nitrogen and oxygen atoms in total. The lowest BCUT2D eigenvalue weighted by Crippen LogP contribution is -2.44. The van der Waals surface area contributed by atoms with Gasteiger partial charge in [-0.3, -0.25) is 0 Å². The Bertz CT molecular complexity index is 925. The monoisotopic (exact) mass is 439 g/mol. The number of aliphatic hydroxyl groups excluding tert-OH is 5. The lowest BCUT2D eigenvalue weighted by molar-refractivity contribution is -0.0518. The third-order valence-electron chi connectivity index (χ3n) is 6.71. The van der Waals surface area contributed by atoms with Gasteiger partial charge in [0.25, 0.3) is 0 Å². The van der Waals surface area contributed by atoms with Crippen molar-refractivity contribution < 1.29 is 39.7 Å².